The molecule has 0 bridgehead atoms. The molecule has 1 N–H and O–H groups in total. The maximum Gasteiger partial charge on any atom is 0.227 e. The molecule has 1 aromatic heterocycles. The molecule has 5 fully saturated rings. The number of ether oxygens (including phenoxy) is 4. The minimum absolute atomic E-state index is 0.00795. The molecule has 1 aromatic carbocycles. The van der Waals surface area contributed by atoms with E-state index in [0.29, 0.717) is 12.8 Å². The summed E-state index contributed by atoms with van der Waals surface area (Å²) in [6.45, 7) is 8.76. The summed E-state index contributed by atoms with van der Waals surface area (Å²) in [5.41, 5.74) is 0.950. The van der Waals surface area contributed by atoms with Crippen molar-refractivity contribution in [2.45, 2.75) is 83.0 Å². The van der Waals surface area contributed by atoms with Crippen LogP contribution in [0.4, 0.5) is 4.39 Å². The van der Waals surface area contributed by atoms with Gasteiger partial charge in [0.1, 0.15) is 17.9 Å². The number of rotatable bonds is 1. The van der Waals surface area contributed by atoms with Crippen molar-refractivity contribution in [1.82, 2.24) is 9.78 Å². The quantitative estimate of drug-likeness (QED) is 0.474. The SMILES string of the molecule is CC#Cc1cccc(-n2ncc3c2C=C2CC[C@H]4[C@@H]5C[C@@H](C)[C@@]6(OCOC67COCO7)[C@@]5(C)C[C@H](O)[C@]4(F)[C@@]2(C)C3)c1. The molecule has 9 atom stereocenters. The first kappa shape index (κ1) is 27.0. The van der Waals surface area contributed by atoms with E-state index in [1.165, 1.54) is 0 Å². The normalized spacial score (nSPS) is 45.1. The number of aliphatic hydroxyl groups is 1. The fraction of sp³-hybridized carbons (Fsp3) is 0.618. The van der Waals surface area contributed by atoms with Crippen molar-refractivity contribution >= 4 is 6.08 Å². The van der Waals surface area contributed by atoms with Gasteiger partial charge in [-0.3, -0.25) is 0 Å². The molecule has 2 spiro atoms. The highest BCUT2D eigenvalue weighted by Gasteiger charge is 2.81. The molecule has 6 aliphatic rings. The summed E-state index contributed by atoms with van der Waals surface area (Å²) in [5.74, 6) is 4.81. The molecule has 2 aromatic rings. The Morgan fingerprint density at radius 1 is 1.14 bits per heavy atom. The minimum Gasteiger partial charge on any atom is -0.390 e. The summed E-state index contributed by atoms with van der Waals surface area (Å²) in [5, 5.41) is 16.8. The Morgan fingerprint density at radius 3 is 2.76 bits per heavy atom. The molecule has 4 aliphatic carbocycles. The Morgan fingerprint density at radius 2 is 1.98 bits per heavy atom. The number of fused-ring (bicyclic) bond motifs is 8. The number of hydrogen-bond acceptors (Lipinski definition) is 6. The number of benzene rings is 1. The van der Waals surface area contributed by atoms with Crippen LogP contribution in [0.25, 0.3) is 11.8 Å². The average molecular weight is 575 g/mol. The summed E-state index contributed by atoms with van der Waals surface area (Å²) in [6.07, 6.45) is 5.88. The fourth-order valence-electron chi connectivity index (χ4n) is 10.6. The molecule has 7 nitrogen and oxygen atoms in total. The van der Waals surface area contributed by atoms with Crippen LogP contribution < -0.4 is 0 Å². The van der Waals surface area contributed by atoms with Crippen molar-refractivity contribution < 1.29 is 28.4 Å². The number of halogens is 1. The molecular formula is C34H39FN2O5. The standard InChI is InChI=1S/C34H39FN2O5/c1-5-7-22-8-6-9-25(13-22)37-28-14-24-10-11-26-27-12-21(2)34(32(41-20-42-34)18-39-19-40-32)31(27,4)16-29(38)33(26,35)30(24,3)15-23(28)17-36-37/h6,8-9,13-14,17,21,26-27,29,38H,10-12,15-16,18-20H2,1-4H3/t21-,26+,27+,29+,30+,31+,32?,33+,34-/m1/s1. The van der Waals surface area contributed by atoms with E-state index in [1.807, 2.05) is 49.0 Å². The molecule has 0 radical (unpaired) electrons. The van der Waals surface area contributed by atoms with Crippen molar-refractivity contribution in [3.05, 3.63) is 52.9 Å². The van der Waals surface area contributed by atoms with Crippen molar-refractivity contribution in [2.75, 3.05) is 20.2 Å². The predicted molar refractivity (Wildman–Crippen MR) is 153 cm³/mol. The first-order valence-corrected chi connectivity index (χ1v) is 15.3. The Kier molecular flexibility index (Phi) is 5.64. The zero-order valence-corrected chi connectivity index (χ0v) is 24.8. The molecule has 2 aliphatic heterocycles. The lowest BCUT2D eigenvalue weighted by atomic mass is 9.43. The highest BCUT2D eigenvalue weighted by Crippen LogP contribution is 2.74. The van der Waals surface area contributed by atoms with Gasteiger partial charge in [-0.25, -0.2) is 9.07 Å². The molecule has 3 heterocycles. The van der Waals surface area contributed by atoms with Crippen LogP contribution in [0.5, 0.6) is 0 Å². The molecule has 222 valence electrons. The van der Waals surface area contributed by atoms with Gasteiger partial charge in [0.05, 0.1) is 23.7 Å². The third kappa shape index (κ3) is 3.02. The van der Waals surface area contributed by atoms with E-state index in [-0.39, 0.29) is 44.4 Å². The van der Waals surface area contributed by atoms with Crippen LogP contribution in [-0.2, 0) is 25.4 Å². The minimum atomic E-state index is -1.79. The maximum absolute atomic E-state index is 18.2. The first-order valence-electron chi connectivity index (χ1n) is 15.3. The van der Waals surface area contributed by atoms with Crippen LogP contribution in [0.1, 0.15) is 70.2 Å². The summed E-state index contributed by atoms with van der Waals surface area (Å²) in [6, 6.07) is 8.04. The third-order valence-corrected chi connectivity index (χ3v) is 12.3. The molecule has 8 rings (SSSR count). The summed E-state index contributed by atoms with van der Waals surface area (Å²) < 4.78 is 44.7. The molecule has 3 saturated carbocycles. The van der Waals surface area contributed by atoms with E-state index in [9.17, 15) is 5.11 Å². The van der Waals surface area contributed by atoms with Crippen LogP contribution in [0.3, 0.4) is 0 Å². The highest BCUT2D eigenvalue weighted by atomic mass is 19.1. The van der Waals surface area contributed by atoms with Gasteiger partial charge in [0.15, 0.2) is 13.6 Å². The zero-order valence-electron chi connectivity index (χ0n) is 24.8. The third-order valence-electron chi connectivity index (χ3n) is 12.3. The summed E-state index contributed by atoms with van der Waals surface area (Å²) in [7, 11) is 0. The highest BCUT2D eigenvalue weighted by molar-refractivity contribution is 5.63. The Bertz CT molecular complexity index is 1550. The number of hydrogen-bond donors (Lipinski definition) is 1. The summed E-state index contributed by atoms with van der Waals surface area (Å²) in [4.78, 5) is 0. The number of aromatic nitrogens is 2. The molecule has 42 heavy (non-hydrogen) atoms. The fourth-order valence-corrected chi connectivity index (χ4v) is 10.6. The zero-order chi connectivity index (χ0) is 29.1. The number of aliphatic hydroxyl groups excluding tert-OH is 1. The van der Waals surface area contributed by atoms with E-state index in [1.54, 1.807) is 0 Å². The van der Waals surface area contributed by atoms with Gasteiger partial charge in [-0.1, -0.05) is 38.3 Å². The van der Waals surface area contributed by atoms with E-state index in [4.69, 9.17) is 24.0 Å². The van der Waals surface area contributed by atoms with Gasteiger partial charge in [0, 0.05) is 22.3 Å². The largest absolute Gasteiger partial charge is 0.390 e. The van der Waals surface area contributed by atoms with Gasteiger partial charge in [0.25, 0.3) is 0 Å². The molecule has 0 amide bonds. The maximum atomic E-state index is 18.2. The van der Waals surface area contributed by atoms with Gasteiger partial charge in [-0.15, -0.1) is 5.92 Å². The van der Waals surface area contributed by atoms with Crippen LogP contribution in [0.15, 0.2) is 36.0 Å². The van der Waals surface area contributed by atoms with Crippen LogP contribution in [0, 0.1) is 40.4 Å². The second-order valence-electron chi connectivity index (χ2n) is 13.9. The van der Waals surface area contributed by atoms with Crippen LogP contribution in [0.2, 0.25) is 0 Å². The smallest absolute Gasteiger partial charge is 0.227 e. The topological polar surface area (TPSA) is 75.0 Å². The van der Waals surface area contributed by atoms with Gasteiger partial charge in [0.2, 0.25) is 5.79 Å². The van der Waals surface area contributed by atoms with Crippen molar-refractivity contribution in [3.63, 3.8) is 0 Å². The second kappa shape index (κ2) is 8.77. The Labute approximate surface area is 246 Å². The first-order chi connectivity index (χ1) is 20.1. The van der Waals surface area contributed by atoms with E-state index in [2.05, 4.69) is 31.8 Å². The Hall–Kier alpha value is -2.54. The van der Waals surface area contributed by atoms with Crippen molar-refractivity contribution in [2.24, 2.45) is 28.6 Å². The van der Waals surface area contributed by atoms with E-state index in [0.717, 1.165) is 40.9 Å². The number of nitrogens with zero attached hydrogens (tertiary/aromatic N) is 2. The van der Waals surface area contributed by atoms with E-state index >= 15 is 4.39 Å². The molecule has 1 unspecified atom stereocenters. The van der Waals surface area contributed by atoms with Crippen molar-refractivity contribution in [1.29, 1.82) is 0 Å². The second-order valence-corrected chi connectivity index (χ2v) is 13.9. The Balaban J connectivity index is 1.19. The predicted octanol–water partition coefficient (Wildman–Crippen LogP) is 5.18. The summed E-state index contributed by atoms with van der Waals surface area (Å²) >= 11 is 0. The van der Waals surface area contributed by atoms with Gasteiger partial charge in [-0.2, -0.15) is 5.10 Å². The van der Waals surface area contributed by atoms with Gasteiger partial charge >= 0.3 is 0 Å². The van der Waals surface area contributed by atoms with Crippen LogP contribution >= 0.6 is 0 Å². The monoisotopic (exact) mass is 574 g/mol. The molecule has 2 saturated heterocycles. The average Bonchev–Trinajstić information content (AvgIpc) is 3.74. The number of alkyl halides is 1. The van der Waals surface area contributed by atoms with Crippen LogP contribution in [-0.4, -0.2) is 58.2 Å². The lowest BCUT2D eigenvalue weighted by Gasteiger charge is -2.64. The van der Waals surface area contributed by atoms with Gasteiger partial charge in [-0.05, 0) is 80.7 Å². The molecular weight excluding hydrogens is 535 g/mol. The molecule has 8 heteroatoms. The van der Waals surface area contributed by atoms with Gasteiger partial charge < -0.3 is 24.1 Å². The lowest BCUT2D eigenvalue weighted by molar-refractivity contribution is -0.279. The number of allylic oxidation sites excluding steroid dienone is 1. The van der Waals surface area contributed by atoms with Crippen molar-refractivity contribution in [3.8, 4) is 17.5 Å². The van der Waals surface area contributed by atoms with E-state index < -0.39 is 34.0 Å². The lowest BCUT2D eigenvalue weighted by Crippen LogP contribution is -2.72.